The molecule has 0 radical (unpaired) electrons. The number of phenolic OH excluding ortho intramolecular Hbond substituents is 1. The topological polar surface area (TPSA) is 70.4 Å². The van der Waals surface area contributed by atoms with E-state index < -0.39 is 0 Å². The minimum absolute atomic E-state index is 0.194. The number of carbonyl (C=O) groups excluding carboxylic acids is 1. The number of benzene rings is 2. The van der Waals surface area contributed by atoms with Crippen molar-refractivity contribution in [3.63, 3.8) is 0 Å². The number of hydrogen-bond acceptors (Lipinski definition) is 3. The number of hydrogen-bond donors (Lipinski definition) is 2. The van der Waals surface area contributed by atoms with Crippen LogP contribution in [-0.2, 0) is 12.8 Å². The summed E-state index contributed by atoms with van der Waals surface area (Å²) in [5.74, 6) is 0.725. The molecule has 1 aromatic heterocycles. The average molecular weight is 431 g/mol. The first-order chi connectivity index (χ1) is 13.9. The van der Waals surface area contributed by atoms with E-state index in [-0.39, 0.29) is 11.8 Å². The highest BCUT2D eigenvalue weighted by Crippen LogP contribution is 2.26. The van der Waals surface area contributed by atoms with Crippen LogP contribution in [0.5, 0.6) is 5.75 Å². The first-order valence-corrected chi connectivity index (χ1v) is 10.0. The molecule has 0 atom stereocenters. The predicted octanol–water partition coefficient (Wildman–Crippen LogP) is 4.83. The lowest BCUT2D eigenvalue weighted by Gasteiger charge is -2.20. The Morgan fingerprint density at radius 2 is 1.79 bits per heavy atom. The number of fused-ring (bicyclic) bond motifs is 1. The molecule has 29 heavy (non-hydrogen) atoms. The van der Waals surface area contributed by atoms with Crippen molar-refractivity contribution in [1.82, 2.24) is 14.7 Å². The zero-order valence-corrected chi connectivity index (χ0v) is 17.3. The molecule has 0 spiro atoms. The summed E-state index contributed by atoms with van der Waals surface area (Å²) < 4.78 is 1.71. The maximum Gasteiger partial charge on any atom is 0.323 e. The molecule has 2 amide bonds. The van der Waals surface area contributed by atoms with Crippen molar-refractivity contribution in [3.8, 4) is 11.4 Å². The molecule has 0 saturated heterocycles. The lowest BCUT2D eigenvalue weighted by molar-refractivity contribution is 0.214. The standard InChI is InChI=1S/C21H20Cl2N4O2/c1-13-10-20(25-27(13)16-3-5-18(22)19(23)12-16)24-21(29)26-8-6-14-2-4-17(28)11-15(14)7-9-26/h2-5,10-12,28H,6-9H2,1H3,(H,24,25,29). The number of aryl methyl sites for hydroxylation is 1. The van der Waals surface area contributed by atoms with Gasteiger partial charge in [-0.3, -0.25) is 5.32 Å². The first-order valence-electron chi connectivity index (χ1n) is 9.29. The molecule has 0 unspecified atom stereocenters. The second-order valence-electron chi connectivity index (χ2n) is 7.05. The third kappa shape index (κ3) is 4.18. The molecule has 2 N–H and O–H groups in total. The van der Waals surface area contributed by atoms with E-state index >= 15 is 0 Å². The van der Waals surface area contributed by atoms with Gasteiger partial charge in [-0.2, -0.15) is 0 Å². The van der Waals surface area contributed by atoms with Gasteiger partial charge < -0.3 is 10.0 Å². The third-order valence-corrected chi connectivity index (χ3v) is 5.79. The first kappa shape index (κ1) is 19.6. The molecule has 150 valence electrons. The molecule has 8 heteroatoms. The van der Waals surface area contributed by atoms with Crippen molar-refractivity contribution in [3.05, 3.63) is 69.3 Å². The largest absolute Gasteiger partial charge is 0.508 e. The minimum Gasteiger partial charge on any atom is -0.508 e. The number of carbonyl (C=O) groups is 1. The Bertz CT molecular complexity index is 1080. The van der Waals surface area contributed by atoms with Crippen LogP contribution in [0.15, 0.2) is 42.5 Å². The van der Waals surface area contributed by atoms with Gasteiger partial charge in [0.2, 0.25) is 0 Å². The Balaban J connectivity index is 1.47. The number of rotatable bonds is 2. The van der Waals surface area contributed by atoms with Crippen LogP contribution in [-0.4, -0.2) is 38.9 Å². The number of nitrogens with one attached hydrogen (secondary N) is 1. The Morgan fingerprint density at radius 1 is 1.03 bits per heavy atom. The van der Waals surface area contributed by atoms with E-state index in [9.17, 15) is 9.90 Å². The minimum atomic E-state index is -0.194. The summed E-state index contributed by atoms with van der Waals surface area (Å²) in [5, 5.41) is 18.0. The molecule has 0 bridgehead atoms. The fraction of sp³-hybridized carbons (Fsp3) is 0.238. The van der Waals surface area contributed by atoms with Gasteiger partial charge in [-0.25, -0.2) is 9.48 Å². The zero-order valence-electron chi connectivity index (χ0n) is 15.8. The van der Waals surface area contributed by atoms with Crippen LogP contribution >= 0.6 is 23.2 Å². The molecule has 3 aromatic rings. The fourth-order valence-electron chi connectivity index (χ4n) is 3.52. The molecule has 2 aromatic carbocycles. The van der Waals surface area contributed by atoms with Gasteiger partial charge in [-0.05, 0) is 61.2 Å². The van der Waals surface area contributed by atoms with Crippen LogP contribution in [0.1, 0.15) is 16.8 Å². The van der Waals surface area contributed by atoms with E-state index in [1.807, 2.05) is 25.1 Å². The van der Waals surface area contributed by atoms with Crippen molar-refractivity contribution in [1.29, 1.82) is 0 Å². The van der Waals surface area contributed by atoms with Gasteiger partial charge >= 0.3 is 6.03 Å². The summed E-state index contributed by atoms with van der Waals surface area (Å²) in [6, 6.07) is 12.3. The summed E-state index contributed by atoms with van der Waals surface area (Å²) >= 11 is 12.1. The van der Waals surface area contributed by atoms with E-state index in [0.29, 0.717) is 35.4 Å². The third-order valence-electron chi connectivity index (χ3n) is 5.05. The van der Waals surface area contributed by atoms with Gasteiger partial charge in [0.05, 0.1) is 15.7 Å². The molecule has 0 aliphatic carbocycles. The number of urea groups is 1. The smallest absolute Gasteiger partial charge is 0.323 e. The molecule has 6 nitrogen and oxygen atoms in total. The molecule has 0 saturated carbocycles. The van der Waals surface area contributed by atoms with E-state index in [2.05, 4.69) is 10.4 Å². The number of aromatic hydroxyl groups is 1. The number of halogens is 2. The van der Waals surface area contributed by atoms with E-state index in [4.69, 9.17) is 23.2 Å². The molecule has 1 aliphatic rings. The highest BCUT2D eigenvalue weighted by Gasteiger charge is 2.20. The highest BCUT2D eigenvalue weighted by molar-refractivity contribution is 6.42. The maximum absolute atomic E-state index is 12.8. The van der Waals surface area contributed by atoms with E-state index in [1.54, 1.807) is 33.8 Å². The predicted molar refractivity (Wildman–Crippen MR) is 114 cm³/mol. The highest BCUT2D eigenvalue weighted by atomic mass is 35.5. The quantitative estimate of drug-likeness (QED) is 0.611. The molecule has 0 fully saturated rings. The van der Waals surface area contributed by atoms with E-state index in [1.165, 1.54) is 0 Å². The lowest BCUT2D eigenvalue weighted by atomic mass is 10.0. The van der Waals surface area contributed by atoms with Gasteiger partial charge in [0, 0.05) is 24.8 Å². The Kier molecular flexibility index (Phi) is 5.39. The van der Waals surface area contributed by atoms with Gasteiger partial charge in [-0.15, -0.1) is 5.10 Å². The molecular formula is C21H20Cl2N4O2. The van der Waals surface area contributed by atoms with Crippen molar-refractivity contribution in [2.75, 3.05) is 18.4 Å². The number of aromatic nitrogens is 2. The number of nitrogens with zero attached hydrogens (tertiary/aromatic N) is 3. The van der Waals surface area contributed by atoms with Crippen molar-refractivity contribution < 1.29 is 9.90 Å². The van der Waals surface area contributed by atoms with Crippen LogP contribution in [0, 0.1) is 6.92 Å². The van der Waals surface area contributed by atoms with Gasteiger partial charge in [0.25, 0.3) is 0 Å². The van der Waals surface area contributed by atoms with Crippen molar-refractivity contribution in [2.24, 2.45) is 0 Å². The second-order valence-corrected chi connectivity index (χ2v) is 7.87. The SMILES string of the molecule is Cc1cc(NC(=O)N2CCc3ccc(O)cc3CC2)nn1-c1ccc(Cl)c(Cl)c1. The fourth-order valence-corrected chi connectivity index (χ4v) is 3.81. The maximum atomic E-state index is 12.8. The van der Waals surface area contributed by atoms with Crippen LogP contribution in [0.25, 0.3) is 5.69 Å². The summed E-state index contributed by atoms with van der Waals surface area (Å²) in [7, 11) is 0. The van der Waals surface area contributed by atoms with Gasteiger partial charge in [-0.1, -0.05) is 29.3 Å². The van der Waals surface area contributed by atoms with Crippen LogP contribution in [0.4, 0.5) is 10.6 Å². The van der Waals surface area contributed by atoms with Gasteiger partial charge in [0.15, 0.2) is 5.82 Å². The normalized spacial score (nSPS) is 13.7. The number of phenols is 1. The van der Waals surface area contributed by atoms with Crippen LogP contribution in [0.3, 0.4) is 0 Å². The average Bonchev–Trinajstić information content (AvgIpc) is 2.92. The zero-order chi connectivity index (χ0) is 20.5. The summed E-state index contributed by atoms with van der Waals surface area (Å²) in [5.41, 5.74) is 3.87. The lowest BCUT2D eigenvalue weighted by Crippen LogP contribution is -2.36. The molecule has 4 rings (SSSR count). The number of amides is 2. The molecular weight excluding hydrogens is 411 g/mol. The number of anilines is 1. The summed E-state index contributed by atoms with van der Waals surface area (Å²) in [6.45, 7) is 3.09. The monoisotopic (exact) mass is 430 g/mol. The summed E-state index contributed by atoms with van der Waals surface area (Å²) in [4.78, 5) is 14.5. The van der Waals surface area contributed by atoms with Crippen molar-refractivity contribution in [2.45, 2.75) is 19.8 Å². The van der Waals surface area contributed by atoms with Crippen molar-refractivity contribution >= 4 is 35.1 Å². The Morgan fingerprint density at radius 3 is 2.55 bits per heavy atom. The Hall–Kier alpha value is -2.70. The summed E-state index contributed by atoms with van der Waals surface area (Å²) in [6.07, 6.45) is 1.45. The second kappa shape index (κ2) is 7.97. The molecule has 1 aliphatic heterocycles. The van der Waals surface area contributed by atoms with E-state index in [0.717, 1.165) is 28.9 Å². The van der Waals surface area contributed by atoms with Crippen LogP contribution < -0.4 is 5.32 Å². The molecule has 2 heterocycles. The van der Waals surface area contributed by atoms with Crippen LogP contribution in [0.2, 0.25) is 10.0 Å². The van der Waals surface area contributed by atoms with Gasteiger partial charge in [0.1, 0.15) is 5.75 Å². The Labute approximate surface area is 178 Å².